The molecule has 0 aliphatic carbocycles. The van der Waals surface area contributed by atoms with E-state index in [9.17, 15) is 8.42 Å². The fraction of sp³-hybridized carbons (Fsp3) is 0.150. The van der Waals surface area contributed by atoms with Crippen molar-refractivity contribution < 1.29 is 13.2 Å². The molecule has 0 radical (unpaired) electrons. The number of benzene rings is 2. The fourth-order valence-corrected chi connectivity index (χ4v) is 3.88. The summed E-state index contributed by atoms with van der Waals surface area (Å²) < 4.78 is 33.2. The predicted molar refractivity (Wildman–Crippen MR) is 107 cm³/mol. The van der Waals surface area contributed by atoms with Crippen LogP contribution in [0.15, 0.2) is 65.7 Å². The number of anilines is 3. The Bertz CT molecular complexity index is 1050. The van der Waals surface area contributed by atoms with Crippen molar-refractivity contribution in [3.8, 4) is 5.75 Å². The van der Waals surface area contributed by atoms with Gasteiger partial charge in [-0.05, 0) is 55.3 Å². The fourth-order valence-electron chi connectivity index (χ4n) is 2.58. The monoisotopic (exact) mass is 383 g/mol. The first-order valence-corrected chi connectivity index (χ1v) is 9.83. The summed E-state index contributed by atoms with van der Waals surface area (Å²) in [5.41, 5.74) is 3.24. The average Bonchev–Trinajstić information content (AvgIpc) is 2.65. The Morgan fingerprint density at radius 1 is 1.00 bits per heavy atom. The molecule has 140 valence electrons. The van der Waals surface area contributed by atoms with Gasteiger partial charge >= 0.3 is 0 Å². The summed E-state index contributed by atoms with van der Waals surface area (Å²) in [4.78, 5) is 4.37. The number of pyridine rings is 1. The molecule has 27 heavy (non-hydrogen) atoms. The van der Waals surface area contributed by atoms with Crippen LogP contribution in [0.3, 0.4) is 0 Å². The number of methoxy groups -OCH3 is 1. The summed E-state index contributed by atoms with van der Waals surface area (Å²) in [7, 11) is -2.35. The molecule has 0 atom stereocenters. The second-order valence-corrected chi connectivity index (χ2v) is 7.78. The zero-order valence-electron chi connectivity index (χ0n) is 15.4. The van der Waals surface area contributed by atoms with E-state index in [4.69, 9.17) is 4.74 Å². The first-order chi connectivity index (χ1) is 12.9. The molecule has 2 N–H and O–H groups in total. The minimum Gasteiger partial charge on any atom is -0.495 e. The van der Waals surface area contributed by atoms with Crippen molar-refractivity contribution in [1.29, 1.82) is 0 Å². The molecule has 1 heterocycles. The number of rotatable bonds is 6. The SMILES string of the molecule is COc1ccc(C)cc1S(=O)(=O)Nc1ccc(Nc2ccccc2C)nc1. The molecule has 3 rings (SSSR count). The highest BCUT2D eigenvalue weighted by Crippen LogP contribution is 2.27. The Morgan fingerprint density at radius 2 is 1.78 bits per heavy atom. The number of hydrogen-bond acceptors (Lipinski definition) is 5. The van der Waals surface area contributed by atoms with Crippen molar-refractivity contribution in [3.63, 3.8) is 0 Å². The van der Waals surface area contributed by atoms with Gasteiger partial charge in [0.1, 0.15) is 16.5 Å². The maximum atomic E-state index is 12.7. The number of nitrogens with zero attached hydrogens (tertiary/aromatic N) is 1. The summed E-state index contributed by atoms with van der Waals surface area (Å²) >= 11 is 0. The quantitative estimate of drug-likeness (QED) is 0.665. The molecule has 3 aromatic rings. The highest BCUT2D eigenvalue weighted by Gasteiger charge is 2.20. The molecule has 1 aromatic heterocycles. The smallest absolute Gasteiger partial charge is 0.265 e. The number of sulfonamides is 1. The minimum atomic E-state index is -3.79. The summed E-state index contributed by atoms with van der Waals surface area (Å²) in [6.45, 7) is 3.83. The van der Waals surface area contributed by atoms with Gasteiger partial charge in [0.05, 0.1) is 19.0 Å². The molecule has 7 heteroatoms. The molecule has 0 unspecified atom stereocenters. The Labute approximate surface area is 159 Å². The third-order valence-corrected chi connectivity index (χ3v) is 5.43. The number of para-hydroxylation sites is 1. The van der Waals surface area contributed by atoms with Crippen LogP contribution in [0.4, 0.5) is 17.2 Å². The lowest BCUT2D eigenvalue weighted by Gasteiger charge is -2.13. The summed E-state index contributed by atoms with van der Waals surface area (Å²) in [6, 6.07) is 16.2. The Hall–Kier alpha value is -3.06. The third kappa shape index (κ3) is 4.38. The topological polar surface area (TPSA) is 80.3 Å². The van der Waals surface area contributed by atoms with E-state index in [2.05, 4.69) is 15.0 Å². The molecular formula is C20H21N3O3S. The summed E-state index contributed by atoms with van der Waals surface area (Å²) in [5, 5.41) is 3.21. The van der Waals surface area contributed by atoms with Crippen molar-refractivity contribution in [2.24, 2.45) is 0 Å². The molecule has 0 saturated carbocycles. The molecule has 0 aliphatic heterocycles. The van der Waals surface area contributed by atoms with Crippen molar-refractivity contribution in [2.75, 3.05) is 17.1 Å². The van der Waals surface area contributed by atoms with E-state index in [1.165, 1.54) is 13.3 Å². The van der Waals surface area contributed by atoms with E-state index in [1.54, 1.807) is 30.3 Å². The maximum Gasteiger partial charge on any atom is 0.265 e. The van der Waals surface area contributed by atoms with Gasteiger partial charge < -0.3 is 10.1 Å². The molecule has 0 saturated heterocycles. The van der Waals surface area contributed by atoms with E-state index in [-0.39, 0.29) is 4.90 Å². The van der Waals surface area contributed by atoms with Crippen LogP contribution in [-0.2, 0) is 10.0 Å². The van der Waals surface area contributed by atoms with Gasteiger partial charge in [0.15, 0.2) is 0 Å². The molecule has 0 bridgehead atoms. The molecule has 6 nitrogen and oxygen atoms in total. The molecule has 0 aliphatic rings. The summed E-state index contributed by atoms with van der Waals surface area (Å²) in [6.07, 6.45) is 1.47. The van der Waals surface area contributed by atoms with Crippen LogP contribution in [0, 0.1) is 13.8 Å². The van der Waals surface area contributed by atoms with Crippen molar-refractivity contribution in [3.05, 3.63) is 71.9 Å². The lowest BCUT2D eigenvalue weighted by molar-refractivity contribution is 0.402. The first-order valence-electron chi connectivity index (χ1n) is 8.35. The zero-order valence-corrected chi connectivity index (χ0v) is 16.2. The highest BCUT2D eigenvalue weighted by atomic mass is 32.2. The third-order valence-electron chi connectivity index (χ3n) is 4.03. The Morgan fingerprint density at radius 3 is 2.44 bits per heavy atom. The minimum absolute atomic E-state index is 0.0899. The van der Waals surface area contributed by atoms with Gasteiger partial charge in [-0.2, -0.15) is 0 Å². The second kappa shape index (κ2) is 7.67. The second-order valence-electron chi connectivity index (χ2n) is 6.13. The largest absolute Gasteiger partial charge is 0.495 e. The normalized spacial score (nSPS) is 11.1. The van der Waals surface area contributed by atoms with E-state index in [1.807, 2.05) is 38.1 Å². The van der Waals surface area contributed by atoms with Crippen molar-refractivity contribution in [1.82, 2.24) is 4.98 Å². The van der Waals surface area contributed by atoms with Crippen molar-refractivity contribution in [2.45, 2.75) is 18.7 Å². The number of nitrogens with one attached hydrogen (secondary N) is 2. The van der Waals surface area contributed by atoms with E-state index >= 15 is 0 Å². The van der Waals surface area contributed by atoms with E-state index in [0.29, 0.717) is 17.3 Å². The lowest BCUT2D eigenvalue weighted by Crippen LogP contribution is -2.14. The standard InChI is InChI=1S/C20H21N3O3S/c1-14-8-10-18(26-3)19(12-14)27(24,25)23-16-9-11-20(21-13-16)22-17-7-5-4-6-15(17)2/h4-13,23H,1-3H3,(H,21,22). The highest BCUT2D eigenvalue weighted by molar-refractivity contribution is 7.92. The van der Waals surface area contributed by atoms with Crippen LogP contribution >= 0.6 is 0 Å². The van der Waals surface area contributed by atoms with Gasteiger partial charge in [-0.15, -0.1) is 0 Å². The Kier molecular flexibility index (Phi) is 5.32. The van der Waals surface area contributed by atoms with Crippen LogP contribution in [-0.4, -0.2) is 20.5 Å². The number of aryl methyl sites for hydroxylation is 2. The van der Waals surface area contributed by atoms with Crippen LogP contribution in [0.25, 0.3) is 0 Å². The predicted octanol–water partition coefficient (Wildman–Crippen LogP) is 4.25. The van der Waals surface area contributed by atoms with Crippen LogP contribution in [0.1, 0.15) is 11.1 Å². The van der Waals surface area contributed by atoms with E-state index < -0.39 is 10.0 Å². The molecule has 0 amide bonds. The number of hydrogen-bond donors (Lipinski definition) is 2. The van der Waals surface area contributed by atoms with E-state index in [0.717, 1.165) is 16.8 Å². The zero-order chi connectivity index (χ0) is 19.4. The number of ether oxygens (including phenoxy) is 1. The van der Waals surface area contributed by atoms with Gasteiger partial charge in [-0.1, -0.05) is 24.3 Å². The van der Waals surface area contributed by atoms with Gasteiger partial charge in [0.2, 0.25) is 0 Å². The molecule has 0 spiro atoms. The number of aromatic nitrogens is 1. The van der Waals surface area contributed by atoms with Gasteiger partial charge in [0, 0.05) is 5.69 Å². The molecular weight excluding hydrogens is 362 g/mol. The van der Waals surface area contributed by atoms with Crippen molar-refractivity contribution >= 4 is 27.2 Å². The molecule has 0 fully saturated rings. The van der Waals surface area contributed by atoms with Crippen LogP contribution in [0.5, 0.6) is 5.75 Å². The maximum absolute atomic E-state index is 12.7. The van der Waals surface area contributed by atoms with Crippen LogP contribution < -0.4 is 14.8 Å². The van der Waals surface area contributed by atoms with Gasteiger partial charge in [-0.3, -0.25) is 4.72 Å². The molecule has 2 aromatic carbocycles. The Balaban J connectivity index is 1.80. The first kappa shape index (κ1) is 18.7. The lowest BCUT2D eigenvalue weighted by atomic mass is 10.2. The summed E-state index contributed by atoms with van der Waals surface area (Å²) in [5.74, 6) is 0.916. The average molecular weight is 383 g/mol. The van der Waals surface area contributed by atoms with Crippen LogP contribution in [0.2, 0.25) is 0 Å². The van der Waals surface area contributed by atoms with Gasteiger partial charge in [-0.25, -0.2) is 13.4 Å². The van der Waals surface area contributed by atoms with Gasteiger partial charge in [0.25, 0.3) is 10.0 Å².